The molecule has 2 heterocycles. The molecule has 0 aliphatic rings. The fraction of sp³-hybridized carbons (Fsp3) is 0.176. The predicted molar refractivity (Wildman–Crippen MR) is 90.1 cm³/mol. The summed E-state index contributed by atoms with van der Waals surface area (Å²) in [6.07, 6.45) is 1.57. The number of ether oxygens (including phenoxy) is 1. The van der Waals surface area contributed by atoms with Crippen LogP contribution < -0.4 is 15.6 Å². The molecule has 2 aromatic heterocycles. The highest BCUT2D eigenvalue weighted by molar-refractivity contribution is 5.65. The van der Waals surface area contributed by atoms with Gasteiger partial charge in [-0.25, -0.2) is 4.98 Å². The minimum Gasteiger partial charge on any atom is -0.508 e. The molecular weight excluding hydrogens is 310 g/mol. The Labute approximate surface area is 137 Å². The Hall–Kier alpha value is -3.06. The molecule has 0 unspecified atom stereocenters. The number of aromatic nitrogens is 2. The van der Waals surface area contributed by atoms with Gasteiger partial charge in [-0.2, -0.15) is 0 Å². The number of phenols is 1. The number of hydrogen-bond donors (Lipinski definition) is 3. The first-order valence-electron chi connectivity index (χ1n) is 7.31. The monoisotopic (exact) mass is 327 g/mol. The molecule has 3 aromatic rings. The fourth-order valence-corrected chi connectivity index (χ4v) is 2.45. The van der Waals surface area contributed by atoms with E-state index < -0.39 is 6.61 Å². The van der Waals surface area contributed by atoms with Crippen LogP contribution in [0, 0.1) is 6.92 Å². The molecule has 0 aliphatic carbocycles. The highest BCUT2D eigenvalue weighted by Gasteiger charge is 2.15. The minimum atomic E-state index is -0.453. The minimum absolute atomic E-state index is 0.145. The summed E-state index contributed by atoms with van der Waals surface area (Å²) in [5, 5.41) is 22.2. The molecule has 7 nitrogen and oxygen atoms in total. The van der Waals surface area contributed by atoms with Crippen LogP contribution in [0.4, 0.5) is 11.5 Å². The van der Waals surface area contributed by atoms with Gasteiger partial charge in [0.2, 0.25) is 0 Å². The number of pyridine rings is 1. The number of aliphatic hydroxyl groups is 1. The van der Waals surface area contributed by atoms with Crippen molar-refractivity contribution in [3.8, 4) is 11.5 Å². The summed E-state index contributed by atoms with van der Waals surface area (Å²) in [7, 11) is 1.50. The molecule has 1 aromatic carbocycles. The number of anilines is 2. The normalized spacial score (nSPS) is 10.8. The lowest BCUT2D eigenvalue weighted by molar-refractivity contribution is 0.280. The molecule has 0 aliphatic heterocycles. The van der Waals surface area contributed by atoms with Crippen LogP contribution in [0.1, 0.15) is 11.1 Å². The highest BCUT2D eigenvalue weighted by Crippen LogP contribution is 2.25. The van der Waals surface area contributed by atoms with Crippen LogP contribution in [0.15, 0.2) is 41.3 Å². The van der Waals surface area contributed by atoms with Gasteiger partial charge in [0.05, 0.1) is 19.3 Å². The van der Waals surface area contributed by atoms with Crippen molar-refractivity contribution in [1.29, 1.82) is 0 Å². The van der Waals surface area contributed by atoms with Crippen molar-refractivity contribution in [2.24, 2.45) is 0 Å². The van der Waals surface area contributed by atoms with Crippen molar-refractivity contribution in [2.75, 3.05) is 12.4 Å². The molecule has 0 spiro atoms. The van der Waals surface area contributed by atoms with Crippen LogP contribution in [-0.2, 0) is 6.61 Å². The van der Waals surface area contributed by atoms with Crippen LogP contribution >= 0.6 is 0 Å². The van der Waals surface area contributed by atoms with E-state index in [1.165, 1.54) is 11.5 Å². The Kier molecular flexibility index (Phi) is 4.09. The molecule has 0 atom stereocenters. The second-order valence-electron chi connectivity index (χ2n) is 5.30. The van der Waals surface area contributed by atoms with Gasteiger partial charge in [-0.1, -0.05) is 0 Å². The van der Waals surface area contributed by atoms with Crippen molar-refractivity contribution < 1.29 is 14.9 Å². The predicted octanol–water partition coefficient (Wildman–Crippen LogP) is 1.95. The van der Waals surface area contributed by atoms with Gasteiger partial charge in [0.15, 0.2) is 11.4 Å². The van der Waals surface area contributed by atoms with Crippen LogP contribution in [0.3, 0.4) is 0 Å². The summed E-state index contributed by atoms with van der Waals surface area (Å²) in [5.74, 6) is 0.872. The molecule has 24 heavy (non-hydrogen) atoms. The van der Waals surface area contributed by atoms with Crippen molar-refractivity contribution in [3.63, 3.8) is 0 Å². The van der Waals surface area contributed by atoms with Crippen LogP contribution in [0.2, 0.25) is 0 Å². The van der Waals surface area contributed by atoms with E-state index in [4.69, 9.17) is 4.74 Å². The molecule has 0 fully saturated rings. The van der Waals surface area contributed by atoms with Crippen molar-refractivity contribution in [3.05, 3.63) is 58.0 Å². The second kappa shape index (κ2) is 6.21. The zero-order valence-corrected chi connectivity index (χ0v) is 13.3. The van der Waals surface area contributed by atoms with Crippen molar-refractivity contribution >= 4 is 17.2 Å². The highest BCUT2D eigenvalue weighted by atomic mass is 16.5. The topological polar surface area (TPSA) is 96.1 Å². The molecule has 0 saturated heterocycles. The Morgan fingerprint density at radius 3 is 2.79 bits per heavy atom. The molecule has 0 radical (unpaired) electrons. The lowest BCUT2D eigenvalue weighted by atomic mass is 10.2. The van der Waals surface area contributed by atoms with E-state index in [0.29, 0.717) is 22.6 Å². The maximum Gasteiger partial charge on any atom is 0.265 e. The number of rotatable bonds is 4. The second-order valence-corrected chi connectivity index (χ2v) is 5.30. The van der Waals surface area contributed by atoms with Gasteiger partial charge < -0.3 is 20.3 Å². The lowest BCUT2D eigenvalue weighted by Crippen LogP contribution is -2.22. The molecule has 0 amide bonds. The molecule has 3 rings (SSSR count). The van der Waals surface area contributed by atoms with Crippen LogP contribution in [0.5, 0.6) is 11.5 Å². The lowest BCUT2D eigenvalue weighted by Gasteiger charge is -2.13. The van der Waals surface area contributed by atoms with Gasteiger partial charge in [-0.15, -0.1) is 0 Å². The Morgan fingerprint density at radius 2 is 2.12 bits per heavy atom. The van der Waals surface area contributed by atoms with Gasteiger partial charge in [0.25, 0.3) is 5.56 Å². The van der Waals surface area contributed by atoms with Crippen molar-refractivity contribution in [2.45, 2.75) is 13.5 Å². The van der Waals surface area contributed by atoms with E-state index >= 15 is 0 Å². The first-order chi connectivity index (χ1) is 11.5. The number of fused-ring (bicyclic) bond motifs is 1. The van der Waals surface area contributed by atoms with Gasteiger partial charge >= 0.3 is 0 Å². The zero-order valence-electron chi connectivity index (χ0n) is 13.3. The molecule has 3 N–H and O–H groups in total. The summed E-state index contributed by atoms with van der Waals surface area (Å²) >= 11 is 0. The number of phenolic OH excluding ortho intramolecular Hbond substituents is 1. The van der Waals surface area contributed by atoms with E-state index in [1.54, 1.807) is 43.5 Å². The number of aromatic hydroxyl groups is 1. The molecule has 0 bridgehead atoms. The third kappa shape index (κ3) is 2.65. The summed E-state index contributed by atoms with van der Waals surface area (Å²) in [5.41, 5.74) is 1.44. The maximum atomic E-state index is 12.6. The number of nitrogens with zero attached hydrogens (tertiary/aromatic N) is 2. The smallest absolute Gasteiger partial charge is 0.265 e. The molecule has 124 valence electrons. The SMILES string of the molecule is COc1cccn2c(=O)c(CO)c(Nc3ccc(O)c(C)c3)nc12. The van der Waals surface area contributed by atoms with Gasteiger partial charge in [-0.05, 0) is 42.8 Å². The Bertz CT molecular complexity index is 966. The average molecular weight is 327 g/mol. The first-order valence-corrected chi connectivity index (χ1v) is 7.31. The third-order valence-electron chi connectivity index (χ3n) is 3.75. The van der Waals surface area contributed by atoms with E-state index in [0.717, 1.165) is 0 Å². The first kappa shape index (κ1) is 15.8. The number of methoxy groups -OCH3 is 1. The molecular formula is C17H17N3O4. The van der Waals surface area contributed by atoms with E-state index in [2.05, 4.69) is 10.3 Å². The quantitative estimate of drug-likeness (QED) is 0.634. The summed E-state index contributed by atoms with van der Waals surface area (Å²) in [6.45, 7) is 1.31. The summed E-state index contributed by atoms with van der Waals surface area (Å²) in [4.78, 5) is 17.0. The Morgan fingerprint density at radius 1 is 1.33 bits per heavy atom. The Balaban J connectivity index is 2.19. The number of hydrogen-bond acceptors (Lipinski definition) is 6. The number of benzene rings is 1. The average Bonchev–Trinajstić information content (AvgIpc) is 2.58. The van der Waals surface area contributed by atoms with E-state index in [9.17, 15) is 15.0 Å². The number of nitrogens with one attached hydrogen (secondary N) is 1. The maximum absolute atomic E-state index is 12.6. The van der Waals surface area contributed by atoms with Gasteiger partial charge in [0, 0.05) is 11.9 Å². The van der Waals surface area contributed by atoms with Gasteiger partial charge in [-0.3, -0.25) is 9.20 Å². The third-order valence-corrected chi connectivity index (χ3v) is 3.75. The summed E-state index contributed by atoms with van der Waals surface area (Å²) in [6, 6.07) is 8.31. The van der Waals surface area contributed by atoms with Crippen LogP contribution in [0.25, 0.3) is 5.65 Å². The fourth-order valence-electron chi connectivity index (χ4n) is 2.45. The molecule has 0 saturated carbocycles. The number of aryl methyl sites for hydroxylation is 1. The molecule has 7 heteroatoms. The van der Waals surface area contributed by atoms with E-state index in [-0.39, 0.29) is 22.7 Å². The van der Waals surface area contributed by atoms with Crippen molar-refractivity contribution in [1.82, 2.24) is 9.38 Å². The number of aliphatic hydroxyl groups excluding tert-OH is 1. The van der Waals surface area contributed by atoms with Crippen LogP contribution in [-0.4, -0.2) is 26.7 Å². The largest absolute Gasteiger partial charge is 0.508 e. The van der Waals surface area contributed by atoms with E-state index in [1.807, 2.05) is 0 Å². The zero-order chi connectivity index (χ0) is 17.3. The standard InChI is InChI=1S/C17H17N3O4/c1-10-8-11(5-6-13(10)22)18-15-12(9-21)17(23)20-7-3-4-14(24-2)16(20)19-15/h3-8,18,21-22H,9H2,1-2H3. The summed E-state index contributed by atoms with van der Waals surface area (Å²) < 4.78 is 6.58. The van der Waals surface area contributed by atoms with Gasteiger partial charge in [0.1, 0.15) is 11.6 Å².